The lowest BCUT2D eigenvalue weighted by molar-refractivity contribution is 0.0793. The van der Waals surface area contributed by atoms with Crippen molar-refractivity contribution in [2.75, 3.05) is 73.6 Å². The molecule has 2 heterocycles. The molecule has 2 aliphatic rings. The molecule has 0 radical (unpaired) electrons. The molecule has 26 heavy (non-hydrogen) atoms. The van der Waals surface area contributed by atoms with E-state index in [1.54, 1.807) is 0 Å². The molecule has 1 N–H and O–H groups in total. The van der Waals surface area contributed by atoms with E-state index in [0.29, 0.717) is 6.61 Å². The summed E-state index contributed by atoms with van der Waals surface area (Å²) in [6.07, 6.45) is 2.25. The molecule has 1 amide bonds. The van der Waals surface area contributed by atoms with E-state index in [2.05, 4.69) is 22.2 Å². The molecule has 0 aromatic heterocycles. The Balaban J connectivity index is 0.000000758. The maximum absolute atomic E-state index is 12.3. The normalized spacial score (nSPS) is 18.3. The van der Waals surface area contributed by atoms with Crippen LogP contribution in [0.25, 0.3) is 0 Å². The second-order valence-electron chi connectivity index (χ2n) is 7.02. The Hall–Kier alpha value is -1.63. The predicted octanol–water partition coefficient (Wildman–Crippen LogP) is 1.38. The summed E-state index contributed by atoms with van der Waals surface area (Å²) in [6, 6.07) is 7.58. The third kappa shape index (κ3) is 6.59. The van der Waals surface area contributed by atoms with Gasteiger partial charge in [0.25, 0.3) is 5.91 Å². The van der Waals surface area contributed by atoms with Crippen molar-refractivity contribution in [1.29, 1.82) is 0 Å². The van der Waals surface area contributed by atoms with Gasteiger partial charge in [0.05, 0.1) is 0 Å². The van der Waals surface area contributed by atoms with Crippen molar-refractivity contribution in [3.8, 4) is 5.75 Å². The van der Waals surface area contributed by atoms with Crippen molar-refractivity contribution >= 4 is 5.91 Å². The molecule has 1 aromatic rings. The Labute approximate surface area is 158 Å². The van der Waals surface area contributed by atoms with Crippen LogP contribution in [-0.4, -0.2) is 94.2 Å². The van der Waals surface area contributed by atoms with Gasteiger partial charge < -0.3 is 19.9 Å². The van der Waals surface area contributed by atoms with Gasteiger partial charge in [-0.15, -0.1) is 0 Å². The number of amides is 1. The van der Waals surface area contributed by atoms with Gasteiger partial charge in [0.2, 0.25) is 0 Å². The lowest BCUT2D eigenvalue weighted by Gasteiger charge is -2.32. The summed E-state index contributed by atoms with van der Waals surface area (Å²) >= 11 is 0. The minimum atomic E-state index is 0.145. The molecule has 0 saturated carbocycles. The lowest BCUT2D eigenvalue weighted by atomic mass is 10.2. The number of carbonyl (C=O) groups excluding carboxylic acids is 1. The van der Waals surface area contributed by atoms with Crippen LogP contribution in [0.4, 0.5) is 0 Å². The van der Waals surface area contributed by atoms with E-state index in [1.165, 1.54) is 0 Å². The Bertz CT molecular complexity index is 521. The van der Waals surface area contributed by atoms with E-state index < -0.39 is 0 Å². The first kappa shape index (κ1) is 20.7. The maximum Gasteiger partial charge on any atom is 0.253 e. The summed E-state index contributed by atoms with van der Waals surface area (Å²) in [5.41, 5.74) is 0.762. The molecule has 3 rings (SSSR count). The number of ether oxygens (including phenoxy) is 1. The summed E-state index contributed by atoms with van der Waals surface area (Å²) in [5.74, 6) is 0.989. The van der Waals surface area contributed by atoms with Gasteiger partial charge >= 0.3 is 0 Å². The van der Waals surface area contributed by atoms with Crippen LogP contribution >= 0.6 is 0 Å². The number of likely N-dealkylation sites (N-methyl/N-ethyl adjacent to an activating group) is 1. The van der Waals surface area contributed by atoms with E-state index in [-0.39, 0.29) is 5.91 Å². The number of nitrogens with zero attached hydrogens (tertiary/aromatic N) is 3. The fraction of sp³-hybridized carbons (Fsp3) is 0.650. The second-order valence-corrected chi connectivity index (χ2v) is 7.02. The van der Waals surface area contributed by atoms with E-state index in [1.807, 2.05) is 43.3 Å². The predicted molar refractivity (Wildman–Crippen MR) is 106 cm³/mol. The van der Waals surface area contributed by atoms with Crippen LogP contribution in [0.5, 0.6) is 5.75 Å². The van der Waals surface area contributed by atoms with E-state index >= 15 is 0 Å². The Morgan fingerprint density at radius 3 is 2.15 bits per heavy atom. The van der Waals surface area contributed by atoms with Crippen LogP contribution in [-0.2, 0) is 0 Å². The van der Waals surface area contributed by atoms with Gasteiger partial charge in [0, 0.05) is 51.4 Å². The fourth-order valence-electron chi connectivity index (χ4n) is 3.16. The number of likely N-dealkylation sites (tertiary alicyclic amines) is 1. The summed E-state index contributed by atoms with van der Waals surface area (Å²) in [5, 5.41) is 2.75. The molecule has 6 heteroatoms. The molecule has 6 nitrogen and oxygen atoms in total. The molecule has 0 spiro atoms. The monoisotopic (exact) mass is 362 g/mol. The topological polar surface area (TPSA) is 48.1 Å². The molecule has 2 saturated heterocycles. The number of rotatable bonds is 5. The van der Waals surface area contributed by atoms with Crippen LogP contribution in [0.2, 0.25) is 0 Å². The number of nitrogens with one attached hydrogen (secondary N) is 1. The molecule has 0 atom stereocenters. The zero-order chi connectivity index (χ0) is 18.8. The molecule has 0 unspecified atom stereocenters. The van der Waals surface area contributed by atoms with Gasteiger partial charge in [0.15, 0.2) is 0 Å². The van der Waals surface area contributed by atoms with Gasteiger partial charge in [-0.05, 0) is 58.3 Å². The van der Waals surface area contributed by atoms with E-state index in [9.17, 15) is 4.79 Å². The number of piperazine rings is 1. The average Bonchev–Trinajstić information content (AvgIpc) is 3.19. The molecular weight excluding hydrogens is 328 g/mol. The third-order valence-electron chi connectivity index (χ3n) is 4.77. The van der Waals surface area contributed by atoms with Crippen LogP contribution in [0.1, 0.15) is 23.2 Å². The molecule has 0 aliphatic carbocycles. The molecule has 1 aromatic carbocycles. The summed E-state index contributed by atoms with van der Waals surface area (Å²) in [4.78, 5) is 19.0. The largest absolute Gasteiger partial charge is 0.492 e. The van der Waals surface area contributed by atoms with Crippen molar-refractivity contribution in [3.05, 3.63) is 29.8 Å². The third-order valence-corrected chi connectivity index (χ3v) is 4.77. The van der Waals surface area contributed by atoms with Gasteiger partial charge in [-0.1, -0.05) is 0 Å². The highest BCUT2D eigenvalue weighted by Crippen LogP contribution is 2.16. The Morgan fingerprint density at radius 2 is 1.58 bits per heavy atom. The summed E-state index contributed by atoms with van der Waals surface area (Å²) in [7, 11) is 5.92. The molecule has 146 valence electrons. The average molecular weight is 363 g/mol. The molecule has 2 fully saturated rings. The zero-order valence-electron chi connectivity index (χ0n) is 16.5. The SMILES string of the molecule is CN1CCN(CCOc2ccc(C(=O)N3CCCC3)cc2)CC1.CNC. The molecule has 2 aliphatic heterocycles. The summed E-state index contributed by atoms with van der Waals surface area (Å²) in [6.45, 7) is 7.93. The second kappa shape index (κ2) is 11.2. The van der Waals surface area contributed by atoms with Crippen molar-refractivity contribution < 1.29 is 9.53 Å². The number of carbonyl (C=O) groups is 1. The van der Waals surface area contributed by atoms with Crippen molar-refractivity contribution in [1.82, 2.24) is 20.0 Å². The van der Waals surface area contributed by atoms with Crippen LogP contribution in [0, 0.1) is 0 Å². The Morgan fingerprint density at radius 1 is 1.00 bits per heavy atom. The number of hydrogen-bond donors (Lipinski definition) is 1. The maximum atomic E-state index is 12.3. The molecule has 0 bridgehead atoms. The van der Waals surface area contributed by atoms with Crippen LogP contribution in [0.15, 0.2) is 24.3 Å². The standard InChI is InChI=1S/C18H27N3O2.C2H7N/c1-19-10-12-20(13-11-19)14-15-23-17-6-4-16(5-7-17)18(22)21-8-2-3-9-21;1-3-2/h4-7H,2-3,8-15H2,1H3;3H,1-2H3. The minimum absolute atomic E-state index is 0.145. The van der Waals surface area contributed by atoms with Crippen molar-refractivity contribution in [3.63, 3.8) is 0 Å². The summed E-state index contributed by atoms with van der Waals surface area (Å²) < 4.78 is 5.82. The van der Waals surface area contributed by atoms with Crippen molar-refractivity contribution in [2.45, 2.75) is 12.8 Å². The van der Waals surface area contributed by atoms with Gasteiger partial charge in [-0.3, -0.25) is 9.69 Å². The highest BCUT2D eigenvalue weighted by atomic mass is 16.5. The van der Waals surface area contributed by atoms with Gasteiger partial charge in [0.1, 0.15) is 12.4 Å². The van der Waals surface area contributed by atoms with Crippen molar-refractivity contribution in [2.24, 2.45) is 0 Å². The first-order valence-corrected chi connectivity index (χ1v) is 9.65. The van der Waals surface area contributed by atoms with Gasteiger partial charge in [-0.2, -0.15) is 0 Å². The number of hydrogen-bond acceptors (Lipinski definition) is 5. The van der Waals surface area contributed by atoms with Gasteiger partial charge in [-0.25, -0.2) is 0 Å². The zero-order valence-corrected chi connectivity index (χ0v) is 16.5. The quantitative estimate of drug-likeness (QED) is 0.858. The van der Waals surface area contributed by atoms with E-state index in [4.69, 9.17) is 4.74 Å². The van der Waals surface area contributed by atoms with E-state index in [0.717, 1.165) is 70.0 Å². The number of benzene rings is 1. The van der Waals surface area contributed by atoms with Crippen LogP contribution in [0.3, 0.4) is 0 Å². The minimum Gasteiger partial charge on any atom is -0.492 e. The molecular formula is C20H34N4O2. The Kier molecular flexibility index (Phi) is 8.88. The smallest absolute Gasteiger partial charge is 0.253 e. The lowest BCUT2D eigenvalue weighted by Crippen LogP contribution is -2.45. The fourth-order valence-corrected chi connectivity index (χ4v) is 3.16. The highest BCUT2D eigenvalue weighted by Gasteiger charge is 2.19. The highest BCUT2D eigenvalue weighted by molar-refractivity contribution is 5.94. The first-order valence-electron chi connectivity index (χ1n) is 9.65. The first-order chi connectivity index (χ1) is 12.6. The van der Waals surface area contributed by atoms with Crippen LogP contribution < -0.4 is 10.1 Å².